The minimum absolute atomic E-state index is 0.00923. The molecule has 0 bridgehead atoms. The summed E-state index contributed by atoms with van der Waals surface area (Å²) < 4.78 is 35.7. The third kappa shape index (κ3) is 5.21. The average molecular weight is 473 g/mol. The number of nitrogens with two attached hydrogens (primary N) is 1. The maximum absolute atomic E-state index is 15.5. The molecule has 0 saturated heterocycles. The van der Waals surface area contributed by atoms with E-state index in [-0.39, 0.29) is 45.8 Å². The Bertz CT molecular complexity index is 1170. The first-order chi connectivity index (χ1) is 15.8. The molecule has 8 heteroatoms. The fourth-order valence-electron chi connectivity index (χ4n) is 3.47. The number of carbonyl (C=O) groups excluding carboxylic acids is 2. The topological polar surface area (TPSA) is 72.6 Å². The second kappa shape index (κ2) is 10.6. The molecule has 0 spiro atoms. The van der Waals surface area contributed by atoms with Gasteiger partial charge in [0.05, 0.1) is 5.02 Å². The Hall–Kier alpha value is -3.29. The molecule has 0 aliphatic heterocycles. The number of halogens is 3. The van der Waals surface area contributed by atoms with Gasteiger partial charge in [0, 0.05) is 43.2 Å². The maximum Gasteiger partial charge on any atom is 0.259 e. The summed E-state index contributed by atoms with van der Waals surface area (Å²) in [5, 5.41) is -0.342. The fourth-order valence-corrected chi connectivity index (χ4v) is 3.67. The van der Waals surface area contributed by atoms with Gasteiger partial charge in [-0.2, -0.15) is 0 Å². The van der Waals surface area contributed by atoms with E-state index in [1.807, 2.05) is 30.3 Å². The van der Waals surface area contributed by atoms with E-state index >= 15 is 4.39 Å². The number of aldehydes is 1. The second-order valence-corrected chi connectivity index (χ2v) is 7.98. The monoisotopic (exact) mass is 472 g/mol. The van der Waals surface area contributed by atoms with Crippen molar-refractivity contribution in [3.63, 3.8) is 0 Å². The lowest BCUT2D eigenvalue weighted by atomic mass is 9.88. The van der Waals surface area contributed by atoms with Crippen LogP contribution in [0.1, 0.15) is 27.4 Å². The molecule has 0 aromatic heterocycles. The highest BCUT2D eigenvalue weighted by Gasteiger charge is 2.23. The van der Waals surface area contributed by atoms with Crippen LogP contribution >= 0.6 is 11.6 Å². The lowest BCUT2D eigenvalue weighted by molar-refractivity contribution is -0.130. The highest BCUT2D eigenvalue weighted by atomic mass is 35.5. The average Bonchev–Trinajstić information content (AvgIpc) is 2.81. The highest BCUT2D eigenvalue weighted by Crippen LogP contribution is 2.40. The van der Waals surface area contributed by atoms with Gasteiger partial charge in [-0.15, -0.1) is 0 Å². The van der Waals surface area contributed by atoms with E-state index in [0.717, 1.165) is 5.56 Å². The third-order valence-corrected chi connectivity index (χ3v) is 5.66. The molecule has 0 aliphatic carbocycles. The zero-order valence-electron chi connectivity index (χ0n) is 18.1. The van der Waals surface area contributed by atoms with Crippen molar-refractivity contribution in [2.45, 2.75) is 5.92 Å². The van der Waals surface area contributed by atoms with Gasteiger partial charge in [-0.3, -0.25) is 9.59 Å². The number of benzene rings is 3. The van der Waals surface area contributed by atoms with E-state index in [4.69, 9.17) is 22.1 Å². The normalized spacial score (nSPS) is 11.7. The molecule has 5 nitrogen and oxygen atoms in total. The molecule has 0 saturated carbocycles. The summed E-state index contributed by atoms with van der Waals surface area (Å²) >= 11 is 6.23. The molecule has 33 heavy (non-hydrogen) atoms. The maximum atomic E-state index is 15.5. The van der Waals surface area contributed by atoms with Crippen molar-refractivity contribution >= 4 is 23.8 Å². The SMILES string of the molecule is CN(C)C(=O)COc1ccc(C=O)c(-c2cc(C(CN)c3ccccc3)cc(F)c2Cl)c1F. The van der Waals surface area contributed by atoms with Gasteiger partial charge in [0.25, 0.3) is 5.91 Å². The Labute approximate surface area is 195 Å². The number of amides is 1. The van der Waals surface area contributed by atoms with Crippen LogP contribution < -0.4 is 10.5 Å². The van der Waals surface area contributed by atoms with Gasteiger partial charge in [0.2, 0.25) is 0 Å². The standard InChI is InChI=1S/C25H23ClF2N2O3/c1-30(2)22(32)14-33-21-9-8-16(13-31)23(25(21)28)18-10-17(11-20(27)24(18)26)19(12-29)15-6-4-3-5-7-15/h3-11,13,19H,12,14,29H2,1-2H3. The summed E-state index contributed by atoms with van der Waals surface area (Å²) in [6.45, 7) is -0.238. The number of rotatable bonds is 8. The molecule has 2 N–H and O–H groups in total. The summed E-state index contributed by atoms with van der Waals surface area (Å²) in [5.41, 5.74) is 7.04. The van der Waals surface area contributed by atoms with Gasteiger partial charge >= 0.3 is 0 Å². The number of carbonyl (C=O) groups is 2. The Morgan fingerprint density at radius 2 is 1.82 bits per heavy atom. The van der Waals surface area contributed by atoms with Crippen LogP contribution in [0.15, 0.2) is 54.6 Å². The van der Waals surface area contributed by atoms with Crippen molar-refractivity contribution in [2.24, 2.45) is 5.73 Å². The van der Waals surface area contributed by atoms with E-state index in [1.54, 1.807) is 0 Å². The van der Waals surface area contributed by atoms with Gasteiger partial charge in [-0.25, -0.2) is 8.78 Å². The molecule has 0 radical (unpaired) electrons. The molecule has 3 aromatic rings. The summed E-state index contributed by atoms with van der Waals surface area (Å²) in [6.07, 6.45) is 0.450. The van der Waals surface area contributed by atoms with Crippen LogP contribution in [-0.2, 0) is 4.79 Å². The smallest absolute Gasteiger partial charge is 0.259 e. The van der Waals surface area contributed by atoms with Crippen LogP contribution in [0.25, 0.3) is 11.1 Å². The summed E-state index contributed by atoms with van der Waals surface area (Å²) in [6, 6.07) is 14.6. The fraction of sp³-hybridized carbons (Fsp3) is 0.200. The number of likely N-dealkylation sites (N-methyl/N-ethyl adjacent to an activating group) is 1. The van der Waals surface area contributed by atoms with Gasteiger partial charge in [-0.05, 0) is 35.4 Å². The van der Waals surface area contributed by atoms with Crippen molar-refractivity contribution in [1.29, 1.82) is 0 Å². The highest BCUT2D eigenvalue weighted by molar-refractivity contribution is 6.33. The number of ether oxygens (including phenoxy) is 1. The molecule has 172 valence electrons. The van der Waals surface area contributed by atoms with E-state index in [2.05, 4.69) is 0 Å². The zero-order chi connectivity index (χ0) is 24.1. The van der Waals surface area contributed by atoms with Crippen molar-refractivity contribution in [3.8, 4) is 16.9 Å². The summed E-state index contributed by atoms with van der Waals surface area (Å²) in [4.78, 5) is 24.8. The van der Waals surface area contributed by atoms with Gasteiger partial charge in [0.15, 0.2) is 24.5 Å². The van der Waals surface area contributed by atoms with Crippen LogP contribution in [-0.4, -0.2) is 44.3 Å². The summed E-state index contributed by atoms with van der Waals surface area (Å²) in [5.74, 6) is -2.71. The van der Waals surface area contributed by atoms with Crippen molar-refractivity contribution < 1.29 is 23.1 Å². The zero-order valence-corrected chi connectivity index (χ0v) is 18.9. The van der Waals surface area contributed by atoms with Gasteiger partial charge < -0.3 is 15.4 Å². The Morgan fingerprint density at radius 3 is 2.42 bits per heavy atom. The minimum Gasteiger partial charge on any atom is -0.481 e. The van der Waals surface area contributed by atoms with Crippen LogP contribution in [0.2, 0.25) is 5.02 Å². The molecular weight excluding hydrogens is 450 g/mol. The predicted molar refractivity (Wildman–Crippen MR) is 124 cm³/mol. The Morgan fingerprint density at radius 1 is 1.12 bits per heavy atom. The molecule has 1 unspecified atom stereocenters. The largest absolute Gasteiger partial charge is 0.481 e. The van der Waals surface area contributed by atoms with E-state index in [1.165, 1.54) is 43.3 Å². The van der Waals surface area contributed by atoms with Crippen molar-refractivity contribution in [2.75, 3.05) is 27.2 Å². The molecule has 3 aromatic carbocycles. The molecular formula is C25H23ClF2N2O3. The Balaban J connectivity index is 2.14. The molecule has 1 atom stereocenters. The van der Waals surface area contributed by atoms with Crippen LogP contribution in [0.5, 0.6) is 5.75 Å². The lowest BCUT2D eigenvalue weighted by Crippen LogP contribution is -2.27. The van der Waals surface area contributed by atoms with Gasteiger partial charge in [0.1, 0.15) is 5.82 Å². The number of hydrogen-bond donors (Lipinski definition) is 1. The van der Waals surface area contributed by atoms with Crippen LogP contribution in [0.4, 0.5) is 8.78 Å². The van der Waals surface area contributed by atoms with E-state index in [9.17, 15) is 14.0 Å². The van der Waals surface area contributed by atoms with Crippen molar-refractivity contribution in [3.05, 3.63) is 87.9 Å². The van der Waals surface area contributed by atoms with Crippen molar-refractivity contribution in [1.82, 2.24) is 4.90 Å². The first kappa shape index (κ1) is 24.4. The second-order valence-electron chi connectivity index (χ2n) is 7.60. The van der Waals surface area contributed by atoms with E-state index < -0.39 is 18.2 Å². The number of hydrogen-bond acceptors (Lipinski definition) is 4. The minimum atomic E-state index is -0.923. The third-order valence-electron chi connectivity index (χ3n) is 5.28. The number of nitrogens with zero attached hydrogens (tertiary/aromatic N) is 1. The quantitative estimate of drug-likeness (QED) is 0.484. The van der Waals surface area contributed by atoms with E-state index in [0.29, 0.717) is 11.8 Å². The predicted octanol–water partition coefficient (Wildman–Crippen LogP) is 4.66. The molecule has 0 fully saturated rings. The van der Waals surface area contributed by atoms with Crippen LogP contribution in [0.3, 0.4) is 0 Å². The molecule has 1 amide bonds. The Kier molecular flexibility index (Phi) is 7.79. The molecule has 0 heterocycles. The first-order valence-electron chi connectivity index (χ1n) is 10.1. The first-order valence-corrected chi connectivity index (χ1v) is 10.5. The van der Waals surface area contributed by atoms with Gasteiger partial charge in [-0.1, -0.05) is 41.9 Å². The van der Waals surface area contributed by atoms with Crippen LogP contribution in [0, 0.1) is 11.6 Å². The lowest BCUT2D eigenvalue weighted by Gasteiger charge is -2.19. The molecule has 0 aliphatic rings. The molecule has 3 rings (SSSR count). The summed E-state index contributed by atoms with van der Waals surface area (Å²) in [7, 11) is 3.08.